The van der Waals surface area contributed by atoms with Crippen LogP contribution in [0.3, 0.4) is 0 Å². The Morgan fingerprint density at radius 1 is 1.20 bits per heavy atom. The minimum absolute atomic E-state index is 0.661. The fourth-order valence-electron chi connectivity index (χ4n) is 3.26. The molecule has 1 saturated heterocycles. The Kier molecular flexibility index (Phi) is 6.31. The van der Waals surface area contributed by atoms with Crippen molar-refractivity contribution in [2.24, 2.45) is 17.8 Å². The topological polar surface area (TPSA) is 24.5 Å². The number of nitrogens with one attached hydrogen (secondary N) is 1. The summed E-state index contributed by atoms with van der Waals surface area (Å²) in [4.78, 5) is 2.67. The highest BCUT2D eigenvalue weighted by molar-refractivity contribution is 4.88. The average Bonchev–Trinajstić information content (AvgIpc) is 3.18. The Morgan fingerprint density at radius 2 is 1.95 bits per heavy atom. The molecule has 0 amide bonds. The highest BCUT2D eigenvalue weighted by atomic mass is 16.5. The molecule has 1 N–H and O–H groups in total. The molecule has 1 heterocycles. The fraction of sp³-hybridized carbons (Fsp3) is 1.00. The van der Waals surface area contributed by atoms with E-state index >= 15 is 0 Å². The van der Waals surface area contributed by atoms with E-state index in [1.807, 2.05) is 0 Å². The van der Waals surface area contributed by atoms with E-state index in [1.54, 1.807) is 0 Å². The van der Waals surface area contributed by atoms with Crippen molar-refractivity contribution in [1.82, 2.24) is 10.2 Å². The molecule has 3 nitrogen and oxygen atoms in total. The zero-order valence-electron chi connectivity index (χ0n) is 13.9. The minimum atomic E-state index is 0.661. The van der Waals surface area contributed by atoms with Gasteiger partial charge in [-0.05, 0) is 37.0 Å². The van der Waals surface area contributed by atoms with Gasteiger partial charge < -0.3 is 10.1 Å². The Labute approximate surface area is 125 Å². The zero-order valence-corrected chi connectivity index (χ0v) is 13.9. The molecule has 0 aromatic heterocycles. The maximum absolute atomic E-state index is 5.84. The van der Waals surface area contributed by atoms with Crippen LogP contribution in [0.1, 0.15) is 47.0 Å². The minimum Gasteiger partial charge on any atom is -0.380 e. The van der Waals surface area contributed by atoms with E-state index in [0.717, 1.165) is 38.1 Å². The zero-order chi connectivity index (χ0) is 14.5. The summed E-state index contributed by atoms with van der Waals surface area (Å²) in [6.07, 6.45) is 4.06. The van der Waals surface area contributed by atoms with E-state index in [9.17, 15) is 0 Å². The van der Waals surface area contributed by atoms with Crippen LogP contribution in [0.5, 0.6) is 0 Å². The average molecular weight is 282 g/mol. The lowest BCUT2D eigenvalue weighted by atomic mass is 9.95. The van der Waals surface area contributed by atoms with Crippen LogP contribution < -0.4 is 5.32 Å². The Morgan fingerprint density at radius 3 is 2.55 bits per heavy atom. The number of rotatable bonds is 8. The molecule has 0 bridgehead atoms. The van der Waals surface area contributed by atoms with Gasteiger partial charge >= 0.3 is 0 Å². The quantitative estimate of drug-likeness (QED) is 0.693. The molecule has 0 aromatic rings. The van der Waals surface area contributed by atoms with E-state index < -0.39 is 0 Å². The number of hydrogen-bond donors (Lipinski definition) is 1. The van der Waals surface area contributed by atoms with Gasteiger partial charge in [0.1, 0.15) is 0 Å². The van der Waals surface area contributed by atoms with E-state index in [-0.39, 0.29) is 0 Å². The van der Waals surface area contributed by atoms with Crippen molar-refractivity contribution in [2.45, 2.75) is 59.0 Å². The second-order valence-electron chi connectivity index (χ2n) is 7.56. The summed E-state index contributed by atoms with van der Waals surface area (Å²) in [5.41, 5.74) is 0. The van der Waals surface area contributed by atoms with Crippen molar-refractivity contribution in [3.8, 4) is 0 Å². The molecule has 1 saturated carbocycles. The molecule has 20 heavy (non-hydrogen) atoms. The smallest absolute Gasteiger partial charge is 0.0593 e. The Hall–Kier alpha value is -0.120. The highest BCUT2D eigenvalue weighted by Crippen LogP contribution is 2.28. The molecule has 2 unspecified atom stereocenters. The third-order valence-corrected chi connectivity index (χ3v) is 4.64. The highest BCUT2D eigenvalue weighted by Gasteiger charge is 2.30. The summed E-state index contributed by atoms with van der Waals surface area (Å²) in [7, 11) is 0. The van der Waals surface area contributed by atoms with Crippen molar-refractivity contribution in [2.75, 3.05) is 32.8 Å². The summed E-state index contributed by atoms with van der Waals surface area (Å²) < 4.78 is 5.84. The molecule has 2 fully saturated rings. The van der Waals surface area contributed by atoms with Crippen molar-refractivity contribution in [1.29, 1.82) is 0 Å². The maximum Gasteiger partial charge on any atom is 0.0593 e. The first kappa shape index (κ1) is 16.3. The fourth-order valence-corrected chi connectivity index (χ4v) is 3.26. The second kappa shape index (κ2) is 7.77. The lowest BCUT2D eigenvalue weighted by Gasteiger charge is -2.43. The van der Waals surface area contributed by atoms with Gasteiger partial charge in [0.05, 0.1) is 6.61 Å². The molecule has 0 aromatic carbocycles. The van der Waals surface area contributed by atoms with E-state index in [1.165, 1.54) is 25.8 Å². The lowest BCUT2D eigenvalue weighted by molar-refractivity contribution is 0.0445. The normalized spacial score (nSPS) is 28.5. The summed E-state index contributed by atoms with van der Waals surface area (Å²) in [6, 6.07) is 1.33. The predicted molar refractivity (Wildman–Crippen MR) is 85.0 cm³/mol. The standard InChI is InChI=1S/C17H34N2O/c1-13(2)9-16-11-19(17(10-18-16)14(3)4)7-8-20-12-15-5-6-15/h13-18H,5-12H2,1-4H3. The van der Waals surface area contributed by atoms with Crippen LogP contribution in [-0.4, -0.2) is 49.8 Å². The van der Waals surface area contributed by atoms with Gasteiger partial charge in [-0.25, -0.2) is 0 Å². The van der Waals surface area contributed by atoms with Crippen LogP contribution in [0.4, 0.5) is 0 Å². The van der Waals surface area contributed by atoms with Gasteiger partial charge in [0, 0.05) is 38.3 Å². The molecule has 118 valence electrons. The van der Waals surface area contributed by atoms with E-state index in [2.05, 4.69) is 37.9 Å². The van der Waals surface area contributed by atoms with Crippen LogP contribution in [0.25, 0.3) is 0 Å². The van der Waals surface area contributed by atoms with Crippen LogP contribution >= 0.6 is 0 Å². The molecule has 2 atom stereocenters. The number of nitrogens with zero attached hydrogens (tertiary/aromatic N) is 1. The molecule has 0 spiro atoms. The van der Waals surface area contributed by atoms with Gasteiger partial charge in [-0.1, -0.05) is 27.7 Å². The third-order valence-electron chi connectivity index (χ3n) is 4.64. The summed E-state index contributed by atoms with van der Waals surface area (Å²) in [5.74, 6) is 2.37. The Bertz CT molecular complexity index is 276. The Balaban J connectivity index is 1.75. The van der Waals surface area contributed by atoms with Gasteiger partial charge in [0.15, 0.2) is 0 Å². The number of ether oxygens (including phenoxy) is 1. The maximum atomic E-state index is 5.84. The molecule has 2 aliphatic rings. The van der Waals surface area contributed by atoms with Crippen LogP contribution in [0, 0.1) is 17.8 Å². The largest absolute Gasteiger partial charge is 0.380 e. The van der Waals surface area contributed by atoms with Gasteiger partial charge in [-0.2, -0.15) is 0 Å². The molecular formula is C17H34N2O. The van der Waals surface area contributed by atoms with Gasteiger partial charge in [-0.3, -0.25) is 4.90 Å². The third kappa shape index (κ3) is 5.34. The van der Waals surface area contributed by atoms with Gasteiger partial charge in [0.25, 0.3) is 0 Å². The first-order valence-corrected chi connectivity index (χ1v) is 8.61. The van der Waals surface area contributed by atoms with Crippen molar-refractivity contribution >= 4 is 0 Å². The molecular weight excluding hydrogens is 248 g/mol. The molecule has 2 rings (SSSR count). The summed E-state index contributed by atoms with van der Waals surface area (Å²) in [5, 5.41) is 3.75. The number of piperazine rings is 1. The van der Waals surface area contributed by atoms with Crippen molar-refractivity contribution in [3.05, 3.63) is 0 Å². The van der Waals surface area contributed by atoms with Gasteiger partial charge in [-0.15, -0.1) is 0 Å². The summed E-state index contributed by atoms with van der Waals surface area (Å²) in [6.45, 7) is 14.7. The van der Waals surface area contributed by atoms with Crippen molar-refractivity contribution < 1.29 is 4.74 Å². The monoisotopic (exact) mass is 282 g/mol. The predicted octanol–water partition coefficient (Wildman–Crippen LogP) is 2.76. The molecule has 1 aliphatic heterocycles. The molecule has 0 radical (unpaired) electrons. The molecule has 1 aliphatic carbocycles. The summed E-state index contributed by atoms with van der Waals surface area (Å²) >= 11 is 0. The number of hydrogen-bond acceptors (Lipinski definition) is 3. The molecule has 3 heteroatoms. The lowest BCUT2D eigenvalue weighted by Crippen LogP contribution is -2.59. The second-order valence-corrected chi connectivity index (χ2v) is 7.56. The first-order chi connectivity index (χ1) is 9.56. The van der Waals surface area contributed by atoms with E-state index in [0.29, 0.717) is 18.0 Å². The SMILES string of the molecule is CC(C)CC1CN(CCOCC2CC2)C(C(C)C)CN1. The van der Waals surface area contributed by atoms with E-state index in [4.69, 9.17) is 4.74 Å². The van der Waals surface area contributed by atoms with Gasteiger partial charge in [0.2, 0.25) is 0 Å². The van der Waals surface area contributed by atoms with Crippen LogP contribution in [-0.2, 0) is 4.74 Å². The first-order valence-electron chi connectivity index (χ1n) is 8.61. The van der Waals surface area contributed by atoms with Crippen LogP contribution in [0.2, 0.25) is 0 Å². The van der Waals surface area contributed by atoms with Crippen molar-refractivity contribution in [3.63, 3.8) is 0 Å². The van der Waals surface area contributed by atoms with Crippen LogP contribution in [0.15, 0.2) is 0 Å².